The summed E-state index contributed by atoms with van der Waals surface area (Å²) >= 11 is 0. The molecule has 1 aliphatic rings. The first-order valence-electron chi connectivity index (χ1n) is 6.50. The van der Waals surface area contributed by atoms with Crippen LogP contribution in [0.4, 0.5) is 0 Å². The minimum Gasteiger partial charge on any atom is -0.461 e. The summed E-state index contributed by atoms with van der Waals surface area (Å²) in [5.41, 5.74) is -1.89. The molecule has 2 N–H and O–H groups in total. The van der Waals surface area contributed by atoms with E-state index < -0.39 is 38.8 Å². The molecule has 1 aliphatic carbocycles. The SMILES string of the molecule is CC1(C)C(C(=O)OCc2ccccc2)C1C(O)S(=O)(=O)O. The Balaban J connectivity index is 2.00. The van der Waals surface area contributed by atoms with Crippen molar-refractivity contribution in [2.24, 2.45) is 17.3 Å². The van der Waals surface area contributed by atoms with Gasteiger partial charge in [0.05, 0.1) is 5.92 Å². The summed E-state index contributed by atoms with van der Waals surface area (Å²) in [5, 5.41) is 9.62. The third kappa shape index (κ3) is 3.25. The maximum Gasteiger partial charge on any atom is 0.310 e. The molecular formula is C14H18O6S. The third-order valence-corrected chi connectivity index (χ3v) is 4.90. The van der Waals surface area contributed by atoms with Gasteiger partial charge in [-0.25, -0.2) is 0 Å². The van der Waals surface area contributed by atoms with Crippen molar-refractivity contribution in [3.63, 3.8) is 0 Å². The Morgan fingerprint density at radius 1 is 1.33 bits per heavy atom. The summed E-state index contributed by atoms with van der Waals surface area (Å²) < 4.78 is 36.1. The Labute approximate surface area is 123 Å². The topological polar surface area (TPSA) is 101 Å². The highest BCUT2D eigenvalue weighted by atomic mass is 32.2. The molecule has 0 heterocycles. The lowest BCUT2D eigenvalue weighted by Crippen LogP contribution is -2.25. The minimum absolute atomic E-state index is 0.0843. The Bertz CT molecular complexity index is 622. The van der Waals surface area contributed by atoms with Crippen LogP contribution in [-0.4, -0.2) is 29.5 Å². The second-order valence-electron chi connectivity index (χ2n) is 5.82. The fourth-order valence-electron chi connectivity index (χ4n) is 2.66. The molecule has 3 unspecified atom stereocenters. The second kappa shape index (κ2) is 5.40. The van der Waals surface area contributed by atoms with Crippen LogP contribution in [0.25, 0.3) is 0 Å². The van der Waals surface area contributed by atoms with Crippen LogP contribution in [0.15, 0.2) is 30.3 Å². The molecule has 0 bridgehead atoms. The van der Waals surface area contributed by atoms with E-state index in [0.29, 0.717) is 0 Å². The van der Waals surface area contributed by atoms with Crippen LogP contribution in [-0.2, 0) is 26.3 Å². The van der Waals surface area contributed by atoms with Gasteiger partial charge in [-0.3, -0.25) is 9.35 Å². The zero-order valence-corrected chi connectivity index (χ0v) is 12.6. The molecule has 0 saturated heterocycles. The van der Waals surface area contributed by atoms with Gasteiger partial charge in [0.25, 0.3) is 10.1 Å². The lowest BCUT2D eigenvalue weighted by atomic mass is 10.1. The van der Waals surface area contributed by atoms with E-state index in [1.54, 1.807) is 26.0 Å². The Kier molecular flexibility index (Phi) is 4.10. The van der Waals surface area contributed by atoms with Crippen LogP contribution in [0, 0.1) is 17.3 Å². The summed E-state index contributed by atoms with van der Waals surface area (Å²) in [4.78, 5) is 12.0. The molecule has 0 spiro atoms. The van der Waals surface area contributed by atoms with Crippen molar-refractivity contribution in [1.82, 2.24) is 0 Å². The fourth-order valence-corrected chi connectivity index (χ4v) is 3.54. The maximum absolute atomic E-state index is 12.0. The summed E-state index contributed by atoms with van der Waals surface area (Å²) in [6.45, 7) is 3.39. The Hall–Kier alpha value is -1.44. The molecule has 116 valence electrons. The van der Waals surface area contributed by atoms with Gasteiger partial charge in [0.15, 0.2) is 5.44 Å². The number of esters is 1. The highest BCUT2D eigenvalue weighted by Crippen LogP contribution is 2.61. The first-order chi connectivity index (χ1) is 9.65. The van der Waals surface area contributed by atoms with Gasteiger partial charge < -0.3 is 9.84 Å². The highest BCUT2D eigenvalue weighted by molar-refractivity contribution is 7.86. The van der Waals surface area contributed by atoms with Gasteiger partial charge in [-0.15, -0.1) is 0 Å². The maximum atomic E-state index is 12.0. The van der Waals surface area contributed by atoms with Gasteiger partial charge in [0.2, 0.25) is 0 Å². The second-order valence-corrected chi connectivity index (χ2v) is 7.34. The van der Waals surface area contributed by atoms with Crippen molar-refractivity contribution in [3.8, 4) is 0 Å². The molecule has 1 aromatic carbocycles. The van der Waals surface area contributed by atoms with Crippen molar-refractivity contribution >= 4 is 16.1 Å². The normalized spacial score (nSPS) is 25.1. The van der Waals surface area contributed by atoms with E-state index in [4.69, 9.17) is 9.29 Å². The third-order valence-electron chi connectivity index (χ3n) is 4.00. The quantitative estimate of drug-likeness (QED) is 0.626. The summed E-state index contributed by atoms with van der Waals surface area (Å²) in [6, 6.07) is 9.07. The van der Waals surface area contributed by atoms with Crippen LogP contribution in [0.2, 0.25) is 0 Å². The van der Waals surface area contributed by atoms with Gasteiger partial charge in [0.1, 0.15) is 6.61 Å². The van der Waals surface area contributed by atoms with Crippen LogP contribution in [0.1, 0.15) is 19.4 Å². The van der Waals surface area contributed by atoms with E-state index in [0.717, 1.165) is 5.56 Å². The van der Waals surface area contributed by atoms with Gasteiger partial charge in [0, 0.05) is 5.92 Å². The van der Waals surface area contributed by atoms with Crippen molar-refractivity contribution in [2.75, 3.05) is 0 Å². The molecule has 1 saturated carbocycles. The lowest BCUT2D eigenvalue weighted by Gasteiger charge is -2.07. The molecule has 0 aliphatic heterocycles. The van der Waals surface area contributed by atoms with Crippen LogP contribution in [0.5, 0.6) is 0 Å². The molecule has 6 nitrogen and oxygen atoms in total. The highest BCUT2D eigenvalue weighted by Gasteiger charge is 2.67. The number of aliphatic hydroxyl groups is 1. The number of ether oxygens (including phenoxy) is 1. The summed E-state index contributed by atoms with van der Waals surface area (Å²) in [5.74, 6) is -2.19. The smallest absolute Gasteiger partial charge is 0.310 e. The first kappa shape index (κ1) is 15.9. The van der Waals surface area contributed by atoms with Crippen LogP contribution >= 0.6 is 0 Å². The number of hydrogen-bond acceptors (Lipinski definition) is 5. The monoisotopic (exact) mass is 314 g/mol. The average Bonchev–Trinajstić information content (AvgIpc) is 2.98. The predicted molar refractivity (Wildman–Crippen MR) is 74.6 cm³/mol. The molecule has 2 rings (SSSR count). The molecule has 0 radical (unpaired) electrons. The average molecular weight is 314 g/mol. The molecule has 1 aromatic rings. The van der Waals surface area contributed by atoms with E-state index in [2.05, 4.69) is 0 Å². The van der Waals surface area contributed by atoms with Crippen LogP contribution in [0.3, 0.4) is 0 Å². The lowest BCUT2D eigenvalue weighted by molar-refractivity contribution is -0.147. The Morgan fingerprint density at radius 2 is 1.90 bits per heavy atom. The molecule has 0 amide bonds. The number of carbonyl (C=O) groups excluding carboxylic acids is 1. The molecule has 0 aromatic heterocycles. The van der Waals surface area contributed by atoms with E-state index in [1.165, 1.54) is 0 Å². The summed E-state index contributed by atoms with van der Waals surface area (Å²) in [6.07, 6.45) is 0. The summed E-state index contributed by atoms with van der Waals surface area (Å²) in [7, 11) is -4.60. The molecule has 7 heteroatoms. The van der Waals surface area contributed by atoms with Crippen molar-refractivity contribution in [1.29, 1.82) is 0 Å². The van der Waals surface area contributed by atoms with Crippen molar-refractivity contribution in [2.45, 2.75) is 25.9 Å². The molecule has 21 heavy (non-hydrogen) atoms. The fraction of sp³-hybridized carbons (Fsp3) is 0.500. The van der Waals surface area contributed by atoms with Crippen LogP contribution < -0.4 is 0 Å². The molecule has 3 atom stereocenters. The molecular weight excluding hydrogens is 296 g/mol. The van der Waals surface area contributed by atoms with E-state index in [9.17, 15) is 18.3 Å². The first-order valence-corrected chi connectivity index (χ1v) is 8.01. The van der Waals surface area contributed by atoms with Gasteiger partial charge in [-0.2, -0.15) is 8.42 Å². The van der Waals surface area contributed by atoms with E-state index in [-0.39, 0.29) is 6.61 Å². The number of hydrogen-bond donors (Lipinski definition) is 2. The predicted octanol–water partition coefficient (Wildman–Crippen LogP) is 1.21. The minimum atomic E-state index is -4.60. The number of benzene rings is 1. The van der Waals surface area contributed by atoms with E-state index in [1.807, 2.05) is 18.2 Å². The Morgan fingerprint density at radius 3 is 2.43 bits per heavy atom. The standard InChI is InChI=1S/C14H18O6S/c1-14(2)10(11(14)13(16)21(17,18)19)12(15)20-8-9-6-4-3-5-7-9/h3-7,10-11,13,16H,8H2,1-2H3,(H,17,18,19). The zero-order chi connectivity index (χ0) is 15.8. The largest absolute Gasteiger partial charge is 0.461 e. The van der Waals surface area contributed by atoms with E-state index >= 15 is 0 Å². The van der Waals surface area contributed by atoms with Crippen molar-refractivity contribution < 1.29 is 27.6 Å². The number of aliphatic hydroxyl groups excluding tert-OH is 1. The van der Waals surface area contributed by atoms with Gasteiger partial charge in [-0.1, -0.05) is 44.2 Å². The number of carbonyl (C=O) groups is 1. The van der Waals surface area contributed by atoms with Gasteiger partial charge in [-0.05, 0) is 11.0 Å². The van der Waals surface area contributed by atoms with Crippen molar-refractivity contribution in [3.05, 3.63) is 35.9 Å². The molecule has 1 fully saturated rings. The number of rotatable bonds is 5. The van der Waals surface area contributed by atoms with Gasteiger partial charge >= 0.3 is 5.97 Å². The zero-order valence-electron chi connectivity index (χ0n) is 11.8.